The monoisotopic (exact) mass is 293 g/mol. The molecular formula is C13H15N3OS2. The Hall–Kier alpha value is -1.24. The molecule has 4 nitrogen and oxygen atoms in total. The lowest BCUT2D eigenvalue weighted by atomic mass is 9.88. The highest BCUT2D eigenvalue weighted by molar-refractivity contribution is 7.16. The summed E-state index contributed by atoms with van der Waals surface area (Å²) in [5.74, 6) is 0.561. The molecule has 3 rings (SSSR count). The van der Waals surface area contributed by atoms with Crippen molar-refractivity contribution in [3.8, 4) is 10.6 Å². The zero-order valence-corrected chi connectivity index (χ0v) is 12.2. The van der Waals surface area contributed by atoms with Gasteiger partial charge in [0.05, 0.1) is 10.6 Å². The predicted octanol–water partition coefficient (Wildman–Crippen LogP) is 2.67. The molecule has 1 saturated heterocycles. The summed E-state index contributed by atoms with van der Waals surface area (Å²) in [6.45, 7) is 3.86. The fraction of sp³-hybridized carbons (Fsp3) is 0.385. The zero-order valence-electron chi connectivity index (χ0n) is 10.6. The summed E-state index contributed by atoms with van der Waals surface area (Å²) in [7, 11) is 0. The van der Waals surface area contributed by atoms with Crippen LogP contribution in [0.25, 0.3) is 10.6 Å². The third-order valence-corrected chi connectivity index (χ3v) is 5.09. The van der Waals surface area contributed by atoms with Crippen molar-refractivity contribution in [3.63, 3.8) is 0 Å². The maximum Gasteiger partial charge on any atom is 0.229 e. The average Bonchev–Trinajstić information content (AvgIpc) is 2.95. The van der Waals surface area contributed by atoms with Crippen LogP contribution in [0.2, 0.25) is 0 Å². The smallest absolute Gasteiger partial charge is 0.229 e. The first kappa shape index (κ1) is 12.8. The van der Waals surface area contributed by atoms with Gasteiger partial charge < -0.3 is 10.6 Å². The first-order valence-electron chi connectivity index (χ1n) is 6.25. The maximum absolute atomic E-state index is 12.1. The first-order chi connectivity index (χ1) is 9.24. The lowest BCUT2D eigenvalue weighted by Gasteiger charge is -2.31. The van der Waals surface area contributed by atoms with E-state index >= 15 is 0 Å². The first-order valence-corrected chi connectivity index (χ1v) is 8.01. The fourth-order valence-corrected chi connectivity index (χ4v) is 3.44. The Morgan fingerprint density at radius 1 is 1.53 bits per heavy atom. The number of hydrogen-bond acceptors (Lipinski definition) is 5. The van der Waals surface area contributed by atoms with Gasteiger partial charge in [0.2, 0.25) is 5.91 Å². The summed E-state index contributed by atoms with van der Waals surface area (Å²) in [5, 5.41) is 10.8. The van der Waals surface area contributed by atoms with Crippen LogP contribution in [0.1, 0.15) is 6.92 Å². The molecule has 1 aliphatic rings. The Kier molecular flexibility index (Phi) is 3.63. The minimum absolute atomic E-state index is 0.0373. The van der Waals surface area contributed by atoms with Crippen LogP contribution in [0.4, 0.5) is 5.13 Å². The van der Waals surface area contributed by atoms with Gasteiger partial charge in [-0.15, -0.1) is 22.7 Å². The van der Waals surface area contributed by atoms with Crippen LogP contribution in [-0.4, -0.2) is 24.0 Å². The Balaban J connectivity index is 1.65. The van der Waals surface area contributed by atoms with E-state index in [1.54, 1.807) is 11.3 Å². The highest BCUT2D eigenvalue weighted by Gasteiger charge is 2.29. The van der Waals surface area contributed by atoms with Gasteiger partial charge in [-0.05, 0) is 30.5 Å². The number of anilines is 1. The molecule has 1 aliphatic heterocycles. The van der Waals surface area contributed by atoms with E-state index < -0.39 is 0 Å². The number of carbonyl (C=O) groups is 1. The molecule has 19 heavy (non-hydrogen) atoms. The molecule has 0 saturated carbocycles. The van der Waals surface area contributed by atoms with E-state index in [-0.39, 0.29) is 11.8 Å². The van der Waals surface area contributed by atoms with Gasteiger partial charge in [-0.2, -0.15) is 0 Å². The molecule has 1 unspecified atom stereocenters. The van der Waals surface area contributed by atoms with Crippen molar-refractivity contribution in [2.45, 2.75) is 6.92 Å². The van der Waals surface area contributed by atoms with E-state index in [0.29, 0.717) is 11.0 Å². The summed E-state index contributed by atoms with van der Waals surface area (Å²) in [5.41, 5.74) is 0.938. The second kappa shape index (κ2) is 5.40. The van der Waals surface area contributed by atoms with Crippen molar-refractivity contribution < 1.29 is 4.79 Å². The van der Waals surface area contributed by atoms with Crippen molar-refractivity contribution in [1.29, 1.82) is 0 Å². The molecule has 2 aromatic rings. The molecule has 1 amide bonds. The molecule has 1 atom stereocenters. The topological polar surface area (TPSA) is 54.0 Å². The summed E-state index contributed by atoms with van der Waals surface area (Å²) in [6.07, 6.45) is 0. The summed E-state index contributed by atoms with van der Waals surface area (Å²) in [4.78, 5) is 17.7. The van der Waals surface area contributed by atoms with E-state index in [1.165, 1.54) is 11.3 Å². The molecule has 100 valence electrons. The molecule has 0 aliphatic carbocycles. The third kappa shape index (κ3) is 2.70. The molecule has 6 heteroatoms. The number of amides is 1. The van der Waals surface area contributed by atoms with E-state index in [1.807, 2.05) is 29.8 Å². The van der Waals surface area contributed by atoms with Crippen LogP contribution < -0.4 is 10.6 Å². The van der Waals surface area contributed by atoms with Crippen LogP contribution >= 0.6 is 22.7 Å². The Morgan fingerprint density at radius 2 is 2.37 bits per heavy atom. The standard InChI is InChI=1S/C13H15N3OS2/c1-8(9-5-14-6-9)12(17)16-13-15-10(7-19-13)11-3-2-4-18-11/h2-4,7-9,14H,5-6H2,1H3,(H,15,16,17). The minimum atomic E-state index is 0.0373. The largest absolute Gasteiger partial charge is 0.316 e. The van der Waals surface area contributed by atoms with Gasteiger partial charge in [-0.3, -0.25) is 4.79 Å². The number of nitrogens with zero attached hydrogens (tertiary/aromatic N) is 1. The average molecular weight is 293 g/mol. The van der Waals surface area contributed by atoms with Crippen LogP contribution in [0.3, 0.4) is 0 Å². The third-order valence-electron chi connectivity index (χ3n) is 3.44. The maximum atomic E-state index is 12.1. The zero-order chi connectivity index (χ0) is 13.2. The van der Waals surface area contributed by atoms with Crippen molar-refractivity contribution >= 4 is 33.7 Å². The molecule has 0 radical (unpaired) electrons. The second-order valence-corrected chi connectivity index (χ2v) is 6.52. The van der Waals surface area contributed by atoms with E-state index in [9.17, 15) is 4.79 Å². The number of aromatic nitrogens is 1. The van der Waals surface area contributed by atoms with Gasteiger partial charge in [-0.1, -0.05) is 13.0 Å². The summed E-state index contributed by atoms with van der Waals surface area (Å²) < 4.78 is 0. The van der Waals surface area contributed by atoms with E-state index in [2.05, 4.69) is 15.6 Å². The van der Waals surface area contributed by atoms with Crippen molar-refractivity contribution in [2.75, 3.05) is 18.4 Å². The Bertz CT molecular complexity index is 560. The van der Waals surface area contributed by atoms with Crippen LogP contribution in [0.5, 0.6) is 0 Å². The fourth-order valence-electron chi connectivity index (χ4n) is 1.97. The molecule has 2 N–H and O–H groups in total. The molecule has 3 heterocycles. The number of nitrogens with one attached hydrogen (secondary N) is 2. The summed E-state index contributed by atoms with van der Waals surface area (Å²) >= 11 is 3.13. The van der Waals surface area contributed by atoms with Gasteiger partial charge >= 0.3 is 0 Å². The Morgan fingerprint density at radius 3 is 3.00 bits per heavy atom. The predicted molar refractivity (Wildman–Crippen MR) is 79.6 cm³/mol. The molecule has 0 aromatic carbocycles. The molecule has 2 aromatic heterocycles. The lowest BCUT2D eigenvalue weighted by Crippen LogP contribution is -2.48. The summed E-state index contributed by atoms with van der Waals surface area (Å²) in [6, 6.07) is 4.04. The molecule has 0 bridgehead atoms. The van der Waals surface area contributed by atoms with Crippen LogP contribution in [0.15, 0.2) is 22.9 Å². The van der Waals surface area contributed by atoms with Crippen LogP contribution in [-0.2, 0) is 4.79 Å². The highest BCUT2D eigenvalue weighted by atomic mass is 32.1. The van der Waals surface area contributed by atoms with Crippen LogP contribution in [0, 0.1) is 11.8 Å². The highest BCUT2D eigenvalue weighted by Crippen LogP contribution is 2.28. The van der Waals surface area contributed by atoms with Crippen molar-refractivity contribution in [1.82, 2.24) is 10.3 Å². The second-order valence-electron chi connectivity index (χ2n) is 4.71. The number of carbonyl (C=O) groups excluding carboxylic acids is 1. The lowest BCUT2D eigenvalue weighted by molar-refractivity contribution is -0.121. The SMILES string of the molecule is CC(C(=O)Nc1nc(-c2cccs2)cs1)C1CNC1. The van der Waals surface area contributed by atoms with Crippen molar-refractivity contribution in [2.24, 2.45) is 11.8 Å². The normalized spacial score (nSPS) is 16.9. The number of thiazole rings is 1. The molecule has 1 fully saturated rings. The number of thiophene rings is 1. The molecular weight excluding hydrogens is 278 g/mol. The van der Waals surface area contributed by atoms with Gasteiger partial charge in [0.15, 0.2) is 5.13 Å². The van der Waals surface area contributed by atoms with Gasteiger partial charge in [0.1, 0.15) is 0 Å². The quantitative estimate of drug-likeness (QED) is 0.911. The Labute approximate surface area is 119 Å². The van der Waals surface area contributed by atoms with Gasteiger partial charge in [0, 0.05) is 11.3 Å². The van der Waals surface area contributed by atoms with Gasteiger partial charge in [-0.25, -0.2) is 4.98 Å². The number of rotatable bonds is 4. The minimum Gasteiger partial charge on any atom is -0.316 e. The van der Waals surface area contributed by atoms with Crippen molar-refractivity contribution in [3.05, 3.63) is 22.9 Å². The van der Waals surface area contributed by atoms with Gasteiger partial charge in [0.25, 0.3) is 0 Å². The van der Waals surface area contributed by atoms with E-state index in [4.69, 9.17) is 0 Å². The van der Waals surface area contributed by atoms with E-state index in [0.717, 1.165) is 23.7 Å². The molecule has 0 spiro atoms. The number of hydrogen-bond donors (Lipinski definition) is 2.